The summed E-state index contributed by atoms with van der Waals surface area (Å²) in [7, 11) is 0. The minimum absolute atomic E-state index is 0.0644. The fourth-order valence-corrected chi connectivity index (χ4v) is 3.82. The number of carbonyl (C=O) groups excluding carboxylic acids is 1. The monoisotopic (exact) mass is 346 g/mol. The molecule has 1 atom stereocenters. The first kappa shape index (κ1) is 16.9. The van der Waals surface area contributed by atoms with Crippen molar-refractivity contribution in [1.29, 1.82) is 0 Å². The molecule has 2 aromatic carbocycles. The van der Waals surface area contributed by atoms with Gasteiger partial charge in [0, 0.05) is 35.5 Å². The molecule has 0 spiro atoms. The van der Waals surface area contributed by atoms with Crippen molar-refractivity contribution >= 4 is 16.8 Å². The van der Waals surface area contributed by atoms with Gasteiger partial charge in [0.2, 0.25) is 5.91 Å². The molecule has 1 aliphatic rings. The summed E-state index contributed by atoms with van der Waals surface area (Å²) in [6.07, 6.45) is 5.82. The van der Waals surface area contributed by atoms with E-state index in [-0.39, 0.29) is 11.8 Å². The second kappa shape index (κ2) is 6.99. The molecule has 1 fully saturated rings. The lowest BCUT2D eigenvalue weighted by Crippen LogP contribution is -2.27. The van der Waals surface area contributed by atoms with Crippen LogP contribution in [0.4, 0.5) is 0 Å². The van der Waals surface area contributed by atoms with Gasteiger partial charge in [-0.15, -0.1) is 0 Å². The lowest BCUT2D eigenvalue weighted by atomic mass is 9.87. The van der Waals surface area contributed by atoms with Crippen molar-refractivity contribution < 1.29 is 4.79 Å². The number of rotatable bonds is 6. The molecule has 1 heterocycles. The van der Waals surface area contributed by atoms with Crippen molar-refractivity contribution in [3.8, 4) is 0 Å². The highest BCUT2D eigenvalue weighted by Gasteiger charge is 2.27. The van der Waals surface area contributed by atoms with Gasteiger partial charge in [-0.1, -0.05) is 55.0 Å². The van der Waals surface area contributed by atoms with Crippen LogP contribution in [0.25, 0.3) is 10.9 Å². The zero-order valence-corrected chi connectivity index (χ0v) is 15.5. The van der Waals surface area contributed by atoms with Gasteiger partial charge in [0.25, 0.3) is 0 Å². The van der Waals surface area contributed by atoms with Gasteiger partial charge in [-0.3, -0.25) is 4.79 Å². The second-order valence-corrected chi connectivity index (χ2v) is 7.45. The maximum absolute atomic E-state index is 12.6. The number of amides is 1. The molecule has 134 valence electrons. The Bertz CT molecular complexity index is 936. The summed E-state index contributed by atoms with van der Waals surface area (Å²) < 4.78 is 0. The summed E-state index contributed by atoms with van der Waals surface area (Å²) in [5.74, 6) is 0.217. The Labute approximate surface area is 154 Å². The van der Waals surface area contributed by atoms with Gasteiger partial charge in [0.1, 0.15) is 0 Å². The maximum atomic E-state index is 12.6. The second-order valence-electron chi connectivity index (χ2n) is 7.45. The topological polar surface area (TPSA) is 44.9 Å². The molecule has 2 N–H and O–H groups in total. The lowest BCUT2D eigenvalue weighted by Gasteiger charge is -2.18. The van der Waals surface area contributed by atoms with E-state index < -0.39 is 0 Å². The molecule has 0 bridgehead atoms. The van der Waals surface area contributed by atoms with E-state index in [1.807, 2.05) is 0 Å². The lowest BCUT2D eigenvalue weighted by molar-refractivity contribution is -0.121. The molecule has 0 radical (unpaired) electrons. The third kappa shape index (κ3) is 3.39. The van der Waals surface area contributed by atoms with E-state index in [2.05, 4.69) is 72.8 Å². The van der Waals surface area contributed by atoms with Crippen molar-refractivity contribution in [2.24, 2.45) is 0 Å². The fraction of sp³-hybridized carbons (Fsp3) is 0.348. The molecule has 3 nitrogen and oxygen atoms in total. The third-order valence-corrected chi connectivity index (χ3v) is 5.37. The van der Waals surface area contributed by atoms with Gasteiger partial charge < -0.3 is 10.3 Å². The largest absolute Gasteiger partial charge is 0.361 e. The van der Waals surface area contributed by atoms with Crippen LogP contribution in [0.3, 0.4) is 0 Å². The van der Waals surface area contributed by atoms with Crippen LogP contribution in [-0.2, 0) is 11.2 Å². The molecule has 3 heteroatoms. The van der Waals surface area contributed by atoms with E-state index in [0.717, 1.165) is 19.3 Å². The molecule has 1 unspecified atom stereocenters. The van der Waals surface area contributed by atoms with Crippen LogP contribution in [0, 0.1) is 6.92 Å². The number of carbonyl (C=O) groups is 1. The van der Waals surface area contributed by atoms with Crippen molar-refractivity contribution in [2.45, 2.75) is 51.5 Å². The van der Waals surface area contributed by atoms with E-state index >= 15 is 0 Å². The molecule has 3 aromatic rings. The molecule has 1 amide bonds. The molecule has 1 aliphatic carbocycles. The van der Waals surface area contributed by atoms with Gasteiger partial charge >= 0.3 is 0 Å². The quantitative estimate of drug-likeness (QED) is 0.659. The number of hydrogen-bond donors (Lipinski definition) is 2. The molecular weight excluding hydrogens is 320 g/mol. The summed E-state index contributed by atoms with van der Waals surface area (Å²) in [6.45, 7) is 4.28. The molecule has 26 heavy (non-hydrogen) atoms. The Morgan fingerprint density at radius 1 is 1.23 bits per heavy atom. The van der Waals surface area contributed by atoms with Crippen molar-refractivity contribution in [2.75, 3.05) is 0 Å². The highest BCUT2D eigenvalue weighted by molar-refractivity contribution is 5.88. The summed E-state index contributed by atoms with van der Waals surface area (Å²) in [5, 5.41) is 4.38. The smallest absolute Gasteiger partial charge is 0.221 e. The molecule has 0 saturated heterocycles. The number of benzene rings is 2. The van der Waals surface area contributed by atoms with Gasteiger partial charge in [-0.25, -0.2) is 0 Å². The fourth-order valence-electron chi connectivity index (χ4n) is 3.82. The minimum atomic E-state index is 0.0644. The Morgan fingerprint density at radius 2 is 2.04 bits per heavy atom. The molecular formula is C23H26N2O. The summed E-state index contributed by atoms with van der Waals surface area (Å²) in [6, 6.07) is 15.4. The van der Waals surface area contributed by atoms with Crippen LogP contribution in [0.1, 0.15) is 54.4 Å². The van der Waals surface area contributed by atoms with Crippen LogP contribution >= 0.6 is 0 Å². The Hall–Kier alpha value is -2.55. The van der Waals surface area contributed by atoms with Gasteiger partial charge in [0.15, 0.2) is 0 Å². The summed E-state index contributed by atoms with van der Waals surface area (Å²) >= 11 is 0. The third-order valence-electron chi connectivity index (χ3n) is 5.37. The number of nitrogens with one attached hydrogen (secondary N) is 2. The van der Waals surface area contributed by atoms with E-state index in [9.17, 15) is 4.79 Å². The minimum Gasteiger partial charge on any atom is -0.361 e. The van der Waals surface area contributed by atoms with Crippen LogP contribution in [0.15, 0.2) is 48.7 Å². The van der Waals surface area contributed by atoms with E-state index in [1.165, 1.54) is 33.2 Å². The number of aryl methyl sites for hydroxylation is 2. The van der Waals surface area contributed by atoms with Gasteiger partial charge in [-0.2, -0.15) is 0 Å². The number of hydrogen-bond acceptors (Lipinski definition) is 1. The van der Waals surface area contributed by atoms with Crippen LogP contribution in [0.2, 0.25) is 0 Å². The summed E-state index contributed by atoms with van der Waals surface area (Å²) in [4.78, 5) is 16.1. The number of aromatic amines is 1. The SMILES string of the molecule is CCc1cccc2c(C(CC(=O)NC3CC3)c3cccc(C)c3)c[nH]c12. The standard InChI is InChI=1S/C23H26N2O/c1-3-16-7-5-9-19-21(14-24-23(16)19)20(13-22(26)25-18-10-11-18)17-8-4-6-15(2)12-17/h4-9,12,14,18,20,24H,3,10-11,13H2,1-2H3,(H,25,26). The van der Waals surface area contributed by atoms with E-state index in [1.54, 1.807) is 0 Å². The maximum Gasteiger partial charge on any atom is 0.221 e. The average Bonchev–Trinajstić information content (AvgIpc) is 3.35. The molecule has 4 rings (SSSR count). The predicted octanol–water partition coefficient (Wildman–Crippen LogP) is 4.84. The predicted molar refractivity (Wildman–Crippen MR) is 106 cm³/mol. The highest BCUT2D eigenvalue weighted by Crippen LogP contribution is 2.35. The Balaban J connectivity index is 1.75. The summed E-state index contributed by atoms with van der Waals surface area (Å²) in [5.41, 5.74) is 6.17. The van der Waals surface area contributed by atoms with Crippen LogP contribution in [-0.4, -0.2) is 16.9 Å². The first-order chi connectivity index (χ1) is 12.7. The average molecular weight is 346 g/mol. The Morgan fingerprint density at radius 3 is 2.77 bits per heavy atom. The Kier molecular flexibility index (Phi) is 4.54. The van der Waals surface area contributed by atoms with Crippen LogP contribution in [0.5, 0.6) is 0 Å². The van der Waals surface area contributed by atoms with E-state index in [0.29, 0.717) is 12.5 Å². The van der Waals surface area contributed by atoms with Crippen molar-refractivity contribution in [3.63, 3.8) is 0 Å². The van der Waals surface area contributed by atoms with E-state index in [4.69, 9.17) is 0 Å². The molecule has 1 aromatic heterocycles. The number of para-hydroxylation sites is 1. The van der Waals surface area contributed by atoms with Gasteiger partial charge in [0.05, 0.1) is 0 Å². The van der Waals surface area contributed by atoms with Crippen molar-refractivity contribution in [3.05, 3.63) is 70.9 Å². The number of fused-ring (bicyclic) bond motifs is 1. The molecule has 0 aliphatic heterocycles. The zero-order chi connectivity index (χ0) is 18.1. The first-order valence-electron chi connectivity index (χ1n) is 9.60. The highest BCUT2D eigenvalue weighted by atomic mass is 16.1. The normalized spacial score (nSPS) is 15.2. The number of aromatic nitrogens is 1. The zero-order valence-electron chi connectivity index (χ0n) is 15.5. The first-order valence-corrected chi connectivity index (χ1v) is 9.60. The number of H-pyrrole nitrogens is 1. The molecule has 1 saturated carbocycles. The van der Waals surface area contributed by atoms with Crippen molar-refractivity contribution in [1.82, 2.24) is 10.3 Å². The van der Waals surface area contributed by atoms with Crippen LogP contribution < -0.4 is 5.32 Å². The van der Waals surface area contributed by atoms with Gasteiger partial charge in [-0.05, 0) is 42.9 Å².